The second kappa shape index (κ2) is 8.88. The van der Waals surface area contributed by atoms with Gasteiger partial charge in [-0.15, -0.1) is 0 Å². The summed E-state index contributed by atoms with van der Waals surface area (Å²) in [7, 11) is 1.49. The lowest BCUT2D eigenvalue weighted by Gasteiger charge is -2.11. The zero-order valence-electron chi connectivity index (χ0n) is 17.2. The lowest BCUT2D eigenvalue weighted by atomic mass is 10.0. The van der Waals surface area contributed by atoms with E-state index >= 15 is 0 Å². The fourth-order valence-corrected chi connectivity index (χ4v) is 3.66. The maximum Gasteiger partial charge on any atom is 0.338 e. The summed E-state index contributed by atoms with van der Waals surface area (Å²) in [4.78, 5) is 25.1. The summed E-state index contributed by atoms with van der Waals surface area (Å²) in [6.07, 6.45) is 2.48. The van der Waals surface area contributed by atoms with Crippen molar-refractivity contribution in [2.75, 3.05) is 20.3 Å². The number of ketones is 1. The van der Waals surface area contributed by atoms with Crippen LogP contribution in [0, 0.1) is 0 Å². The Morgan fingerprint density at radius 2 is 1.71 bits per heavy atom. The van der Waals surface area contributed by atoms with Crippen molar-refractivity contribution in [3.8, 4) is 22.6 Å². The number of fused-ring (bicyclic) bond motifs is 3. The summed E-state index contributed by atoms with van der Waals surface area (Å²) in [5.74, 6) is 0.0419. The lowest BCUT2D eigenvalue weighted by molar-refractivity contribution is 0.0474. The van der Waals surface area contributed by atoms with E-state index in [9.17, 15) is 9.59 Å². The van der Waals surface area contributed by atoms with Crippen LogP contribution < -0.4 is 9.47 Å². The van der Waals surface area contributed by atoms with Gasteiger partial charge in [0.1, 0.15) is 6.61 Å². The Kier molecular flexibility index (Phi) is 5.85. The number of hydrogen-bond donors (Lipinski definition) is 0. The lowest BCUT2D eigenvalue weighted by Crippen LogP contribution is -2.14. The summed E-state index contributed by atoms with van der Waals surface area (Å²) >= 11 is 0. The number of ether oxygens (including phenoxy) is 3. The second-order valence-electron chi connectivity index (χ2n) is 7.17. The van der Waals surface area contributed by atoms with Gasteiger partial charge in [0.2, 0.25) is 0 Å². The Hall–Kier alpha value is -3.86. The Morgan fingerprint density at radius 1 is 0.935 bits per heavy atom. The van der Waals surface area contributed by atoms with Gasteiger partial charge < -0.3 is 14.2 Å². The fourth-order valence-electron chi connectivity index (χ4n) is 3.66. The van der Waals surface area contributed by atoms with Crippen LogP contribution in [0.15, 0.2) is 73.3 Å². The van der Waals surface area contributed by atoms with E-state index in [1.165, 1.54) is 24.3 Å². The predicted molar refractivity (Wildman–Crippen MR) is 118 cm³/mol. The highest BCUT2D eigenvalue weighted by molar-refractivity contribution is 6.00. The zero-order chi connectivity index (χ0) is 21.8. The summed E-state index contributed by atoms with van der Waals surface area (Å²) in [5.41, 5.74) is 5.46. The predicted octanol–water partition coefficient (Wildman–Crippen LogP) is 4.87. The SMILES string of the molecule is C=CCOc1ccc(C(=O)OCC(=O)c2ccc3c(c2)-c2ccccc2C3)cc1OC. The number of carbonyl (C=O) groups is 2. The van der Waals surface area contributed by atoms with Gasteiger partial charge in [0.25, 0.3) is 0 Å². The molecule has 156 valence electrons. The van der Waals surface area contributed by atoms with Crippen LogP contribution in [-0.4, -0.2) is 32.1 Å². The molecule has 0 fully saturated rings. The number of carbonyl (C=O) groups excluding carboxylic acids is 2. The van der Waals surface area contributed by atoms with Crippen LogP contribution in [0.3, 0.4) is 0 Å². The van der Waals surface area contributed by atoms with Crippen molar-refractivity contribution >= 4 is 11.8 Å². The van der Waals surface area contributed by atoms with E-state index in [4.69, 9.17) is 14.2 Å². The molecule has 4 rings (SSSR count). The summed E-state index contributed by atoms with van der Waals surface area (Å²) in [5, 5.41) is 0. The van der Waals surface area contributed by atoms with Gasteiger partial charge >= 0.3 is 5.97 Å². The van der Waals surface area contributed by atoms with Gasteiger partial charge in [-0.05, 0) is 52.9 Å². The van der Waals surface area contributed by atoms with E-state index in [0.717, 1.165) is 17.5 Å². The first-order valence-electron chi connectivity index (χ1n) is 9.94. The highest BCUT2D eigenvalue weighted by Gasteiger charge is 2.20. The standard InChI is InChI=1S/C26H22O5/c1-3-12-30-24-11-10-20(15-25(24)29-2)26(28)31-16-23(27)19-9-8-18-13-17-6-4-5-7-21(17)22(18)14-19/h3-11,14-15H,1,12-13,16H2,2H3. The molecule has 0 amide bonds. The van der Waals surface area contributed by atoms with Crippen LogP contribution in [0.4, 0.5) is 0 Å². The van der Waals surface area contributed by atoms with E-state index in [-0.39, 0.29) is 18.0 Å². The molecule has 31 heavy (non-hydrogen) atoms. The van der Waals surface area contributed by atoms with Crippen molar-refractivity contribution in [3.05, 3.63) is 95.6 Å². The third-order valence-corrected chi connectivity index (χ3v) is 5.21. The molecule has 1 aliphatic carbocycles. The molecule has 0 atom stereocenters. The molecular weight excluding hydrogens is 392 g/mol. The molecule has 0 spiro atoms. The maximum atomic E-state index is 12.7. The summed E-state index contributed by atoms with van der Waals surface area (Å²) < 4.78 is 16.0. The number of hydrogen-bond acceptors (Lipinski definition) is 5. The van der Waals surface area contributed by atoms with Crippen molar-refractivity contribution < 1.29 is 23.8 Å². The van der Waals surface area contributed by atoms with E-state index in [2.05, 4.69) is 18.7 Å². The highest BCUT2D eigenvalue weighted by atomic mass is 16.5. The quantitative estimate of drug-likeness (QED) is 0.234. The van der Waals surface area contributed by atoms with Gasteiger partial charge in [0.15, 0.2) is 23.9 Å². The molecular formula is C26H22O5. The number of benzene rings is 3. The minimum absolute atomic E-state index is 0.251. The Morgan fingerprint density at radius 3 is 2.52 bits per heavy atom. The average Bonchev–Trinajstić information content (AvgIpc) is 3.18. The number of methoxy groups -OCH3 is 1. The fraction of sp³-hybridized carbons (Fsp3) is 0.154. The molecule has 3 aromatic carbocycles. The van der Waals surface area contributed by atoms with Gasteiger partial charge in [0.05, 0.1) is 12.7 Å². The van der Waals surface area contributed by atoms with Gasteiger partial charge in [0, 0.05) is 5.56 Å². The topological polar surface area (TPSA) is 61.8 Å². The molecule has 0 aliphatic heterocycles. The monoisotopic (exact) mass is 414 g/mol. The van der Waals surface area contributed by atoms with E-state index in [0.29, 0.717) is 23.7 Å². The Bertz CT molecular complexity index is 1160. The molecule has 0 saturated carbocycles. The zero-order valence-corrected chi connectivity index (χ0v) is 17.2. The molecule has 5 nitrogen and oxygen atoms in total. The van der Waals surface area contributed by atoms with Crippen molar-refractivity contribution in [1.82, 2.24) is 0 Å². The largest absolute Gasteiger partial charge is 0.493 e. The summed E-state index contributed by atoms with van der Waals surface area (Å²) in [6.45, 7) is 3.58. The van der Waals surface area contributed by atoms with Crippen LogP contribution in [0.25, 0.3) is 11.1 Å². The second-order valence-corrected chi connectivity index (χ2v) is 7.17. The van der Waals surface area contributed by atoms with Crippen LogP contribution in [0.1, 0.15) is 31.8 Å². The van der Waals surface area contributed by atoms with Crippen molar-refractivity contribution in [2.24, 2.45) is 0 Å². The molecule has 3 aromatic rings. The molecule has 0 bridgehead atoms. The minimum atomic E-state index is -0.603. The van der Waals surface area contributed by atoms with Crippen molar-refractivity contribution in [3.63, 3.8) is 0 Å². The highest BCUT2D eigenvalue weighted by Crippen LogP contribution is 2.37. The van der Waals surface area contributed by atoms with Crippen LogP contribution in [0.2, 0.25) is 0 Å². The van der Waals surface area contributed by atoms with Crippen LogP contribution in [-0.2, 0) is 11.2 Å². The first-order valence-corrected chi connectivity index (χ1v) is 9.94. The van der Waals surface area contributed by atoms with Gasteiger partial charge in [-0.2, -0.15) is 0 Å². The molecule has 0 heterocycles. The normalized spacial score (nSPS) is 11.3. The molecule has 1 aliphatic rings. The number of Topliss-reactive ketones (excluding diaryl/α,β-unsaturated/α-hetero) is 1. The van der Waals surface area contributed by atoms with Crippen molar-refractivity contribution in [1.29, 1.82) is 0 Å². The van der Waals surface area contributed by atoms with Gasteiger partial charge in [-0.1, -0.05) is 49.1 Å². The molecule has 5 heteroatoms. The smallest absolute Gasteiger partial charge is 0.338 e. The van der Waals surface area contributed by atoms with E-state index < -0.39 is 5.97 Å². The first kappa shape index (κ1) is 20.4. The average molecular weight is 414 g/mol. The first-order chi connectivity index (χ1) is 15.1. The maximum absolute atomic E-state index is 12.7. The molecule has 0 aromatic heterocycles. The Balaban J connectivity index is 1.44. The molecule has 0 saturated heterocycles. The number of rotatable bonds is 8. The Labute approximate surface area is 180 Å². The third-order valence-electron chi connectivity index (χ3n) is 5.21. The number of esters is 1. The van der Waals surface area contributed by atoms with Gasteiger partial charge in [-0.25, -0.2) is 4.79 Å². The van der Waals surface area contributed by atoms with Crippen molar-refractivity contribution in [2.45, 2.75) is 6.42 Å². The molecule has 0 unspecified atom stereocenters. The van der Waals surface area contributed by atoms with E-state index in [1.54, 1.807) is 24.3 Å². The molecule has 0 radical (unpaired) electrons. The van der Waals surface area contributed by atoms with Gasteiger partial charge in [-0.3, -0.25) is 4.79 Å². The third kappa shape index (κ3) is 4.21. The molecule has 0 N–H and O–H groups in total. The van der Waals surface area contributed by atoms with Crippen LogP contribution >= 0.6 is 0 Å². The minimum Gasteiger partial charge on any atom is -0.493 e. The summed E-state index contributed by atoms with van der Waals surface area (Å²) in [6, 6.07) is 18.5. The van der Waals surface area contributed by atoms with Crippen LogP contribution in [0.5, 0.6) is 11.5 Å². The van der Waals surface area contributed by atoms with E-state index in [1.807, 2.05) is 24.3 Å².